The first-order chi connectivity index (χ1) is 13.3. The predicted molar refractivity (Wildman–Crippen MR) is 122 cm³/mol. The second kappa shape index (κ2) is 8.03. The molecule has 0 aromatic heterocycles. The summed E-state index contributed by atoms with van der Waals surface area (Å²) < 4.78 is 0. The Labute approximate surface area is 177 Å². The number of hydrogen-bond donors (Lipinski definition) is 0. The van der Waals surface area contributed by atoms with Crippen LogP contribution in [0.4, 0.5) is 5.69 Å². The third kappa shape index (κ3) is 3.97. The molecule has 0 saturated carbocycles. The first-order valence-electron chi connectivity index (χ1n) is 9.45. The minimum absolute atomic E-state index is 0.0631. The van der Waals surface area contributed by atoms with E-state index in [-0.39, 0.29) is 5.54 Å². The Hall–Kier alpha value is -2.21. The Kier molecular flexibility index (Phi) is 5.89. The Morgan fingerprint density at radius 3 is 2.61 bits per heavy atom. The molecule has 0 saturated heterocycles. The molecule has 2 nitrogen and oxygen atoms in total. The summed E-state index contributed by atoms with van der Waals surface area (Å²) in [5.74, 6) is 0. The first kappa shape index (κ1) is 20.5. The molecule has 4 heteroatoms. The van der Waals surface area contributed by atoms with E-state index in [1.54, 1.807) is 12.1 Å². The second-order valence-corrected chi connectivity index (χ2v) is 8.55. The van der Waals surface area contributed by atoms with Crippen LogP contribution >= 0.6 is 23.2 Å². The van der Waals surface area contributed by atoms with E-state index in [1.807, 2.05) is 24.3 Å². The van der Waals surface area contributed by atoms with Gasteiger partial charge in [-0.05, 0) is 74.2 Å². The SMILES string of the molecule is CCCN1c2cc(Cl)c(/C=C(\C#N)c3cccc(Cl)c3)cc2C(C)=CC1(C)C. The van der Waals surface area contributed by atoms with Crippen molar-refractivity contribution in [2.75, 3.05) is 11.4 Å². The maximum atomic E-state index is 9.67. The highest BCUT2D eigenvalue weighted by Gasteiger charge is 2.31. The van der Waals surface area contributed by atoms with Crippen LogP contribution in [0, 0.1) is 11.3 Å². The van der Waals surface area contributed by atoms with Crippen molar-refractivity contribution in [2.45, 2.75) is 39.7 Å². The third-order valence-electron chi connectivity index (χ3n) is 5.10. The lowest BCUT2D eigenvalue weighted by molar-refractivity contribution is 0.550. The molecule has 2 aromatic rings. The van der Waals surface area contributed by atoms with Crippen LogP contribution in [0.3, 0.4) is 0 Å². The number of halogens is 2. The topological polar surface area (TPSA) is 27.0 Å². The number of fused-ring (bicyclic) bond motifs is 1. The van der Waals surface area contributed by atoms with Crippen LogP contribution in [-0.2, 0) is 0 Å². The molecule has 0 radical (unpaired) electrons. The van der Waals surface area contributed by atoms with Crippen molar-refractivity contribution in [2.24, 2.45) is 0 Å². The Morgan fingerprint density at radius 2 is 1.96 bits per heavy atom. The summed E-state index contributed by atoms with van der Waals surface area (Å²) in [4.78, 5) is 2.40. The van der Waals surface area contributed by atoms with Gasteiger partial charge >= 0.3 is 0 Å². The minimum atomic E-state index is -0.0631. The molecule has 28 heavy (non-hydrogen) atoms. The summed E-state index contributed by atoms with van der Waals surface area (Å²) in [5, 5.41) is 10.9. The average molecular weight is 411 g/mol. The molecule has 0 bridgehead atoms. The predicted octanol–water partition coefficient (Wildman–Crippen LogP) is 7.47. The van der Waals surface area contributed by atoms with E-state index < -0.39 is 0 Å². The van der Waals surface area contributed by atoms with Gasteiger partial charge in [-0.25, -0.2) is 0 Å². The monoisotopic (exact) mass is 410 g/mol. The fraction of sp³-hybridized carbons (Fsp3) is 0.292. The molecule has 1 heterocycles. The third-order valence-corrected chi connectivity index (χ3v) is 5.66. The van der Waals surface area contributed by atoms with E-state index in [1.165, 1.54) is 5.57 Å². The Balaban J connectivity index is 2.13. The van der Waals surface area contributed by atoms with Gasteiger partial charge in [-0.3, -0.25) is 0 Å². The van der Waals surface area contributed by atoms with Gasteiger partial charge in [0.2, 0.25) is 0 Å². The molecule has 0 fully saturated rings. The van der Waals surface area contributed by atoms with Crippen molar-refractivity contribution in [1.29, 1.82) is 5.26 Å². The number of allylic oxidation sites excluding steroid dienone is 2. The summed E-state index contributed by atoms with van der Waals surface area (Å²) in [7, 11) is 0. The van der Waals surface area contributed by atoms with Gasteiger partial charge in [0.15, 0.2) is 0 Å². The summed E-state index contributed by atoms with van der Waals surface area (Å²) in [5.41, 5.74) is 5.62. The zero-order valence-corrected chi connectivity index (χ0v) is 18.2. The molecule has 0 amide bonds. The van der Waals surface area contributed by atoms with E-state index >= 15 is 0 Å². The molecule has 2 aromatic carbocycles. The van der Waals surface area contributed by atoms with Gasteiger partial charge in [0.25, 0.3) is 0 Å². The van der Waals surface area contributed by atoms with Gasteiger partial charge in [0, 0.05) is 27.8 Å². The Morgan fingerprint density at radius 1 is 1.21 bits per heavy atom. The molecule has 0 unspecified atom stereocenters. The molecule has 0 N–H and O–H groups in total. The number of nitrogens with zero attached hydrogens (tertiary/aromatic N) is 2. The van der Waals surface area contributed by atoms with E-state index in [4.69, 9.17) is 23.2 Å². The molecule has 1 aliphatic rings. The zero-order valence-electron chi connectivity index (χ0n) is 16.7. The molecule has 1 aliphatic heterocycles. The van der Waals surface area contributed by atoms with Crippen LogP contribution in [0.2, 0.25) is 10.0 Å². The standard InChI is InChI=1S/C24H24Cl2N2/c1-5-9-28-23-13-22(26)18(12-21(23)16(2)14-24(28,3)4)10-19(15-27)17-7-6-8-20(25)11-17/h6-8,10-14H,5,9H2,1-4H3/b19-10+. The van der Waals surface area contributed by atoms with Crippen molar-refractivity contribution < 1.29 is 0 Å². The van der Waals surface area contributed by atoms with Gasteiger partial charge in [-0.2, -0.15) is 5.26 Å². The van der Waals surface area contributed by atoms with Crippen LogP contribution in [-0.4, -0.2) is 12.1 Å². The maximum Gasteiger partial charge on any atom is 0.0998 e. The van der Waals surface area contributed by atoms with E-state index in [9.17, 15) is 5.26 Å². The largest absolute Gasteiger partial charge is 0.362 e. The fourth-order valence-corrected chi connectivity index (χ4v) is 4.25. The van der Waals surface area contributed by atoms with Gasteiger partial charge in [0.1, 0.15) is 0 Å². The zero-order chi connectivity index (χ0) is 20.5. The van der Waals surface area contributed by atoms with Crippen LogP contribution < -0.4 is 4.90 Å². The van der Waals surface area contributed by atoms with Crippen LogP contribution in [0.5, 0.6) is 0 Å². The molecule has 0 atom stereocenters. The lowest BCUT2D eigenvalue weighted by Gasteiger charge is -2.43. The van der Waals surface area contributed by atoms with Crippen molar-refractivity contribution in [3.8, 4) is 6.07 Å². The second-order valence-electron chi connectivity index (χ2n) is 7.70. The normalized spacial score (nSPS) is 15.7. The molecular weight excluding hydrogens is 387 g/mol. The quantitative estimate of drug-likeness (QED) is 0.385. The highest BCUT2D eigenvalue weighted by Crippen LogP contribution is 2.42. The van der Waals surface area contributed by atoms with Crippen LogP contribution in [0.1, 0.15) is 50.8 Å². The van der Waals surface area contributed by atoms with Gasteiger partial charge in [0.05, 0.1) is 17.2 Å². The maximum absolute atomic E-state index is 9.67. The molecule has 0 aliphatic carbocycles. The smallest absolute Gasteiger partial charge is 0.0998 e. The Bertz CT molecular complexity index is 1010. The first-order valence-corrected chi connectivity index (χ1v) is 10.2. The van der Waals surface area contributed by atoms with E-state index in [0.29, 0.717) is 15.6 Å². The van der Waals surface area contributed by atoms with Crippen molar-refractivity contribution in [1.82, 2.24) is 0 Å². The van der Waals surface area contributed by atoms with Crippen molar-refractivity contribution in [3.05, 3.63) is 69.2 Å². The highest BCUT2D eigenvalue weighted by atomic mass is 35.5. The molecular formula is C24H24Cl2N2. The van der Waals surface area contributed by atoms with Gasteiger partial charge in [-0.15, -0.1) is 0 Å². The molecule has 0 spiro atoms. The number of anilines is 1. The summed E-state index contributed by atoms with van der Waals surface area (Å²) in [6, 6.07) is 13.7. The number of benzene rings is 2. The summed E-state index contributed by atoms with van der Waals surface area (Å²) >= 11 is 12.8. The van der Waals surface area contributed by atoms with E-state index in [0.717, 1.165) is 35.3 Å². The lowest BCUT2D eigenvalue weighted by Crippen LogP contribution is -2.45. The molecule has 3 rings (SSSR count). The van der Waals surface area contributed by atoms with Crippen molar-refractivity contribution in [3.63, 3.8) is 0 Å². The summed E-state index contributed by atoms with van der Waals surface area (Å²) in [6.45, 7) is 9.73. The van der Waals surface area contributed by atoms with Crippen LogP contribution in [0.15, 0.2) is 42.5 Å². The van der Waals surface area contributed by atoms with Gasteiger partial charge in [-0.1, -0.05) is 48.3 Å². The number of nitriles is 1. The number of hydrogen-bond acceptors (Lipinski definition) is 2. The fourth-order valence-electron chi connectivity index (χ4n) is 3.85. The van der Waals surface area contributed by atoms with Crippen molar-refractivity contribution >= 4 is 46.1 Å². The van der Waals surface area contributed by atoms with Crippen LogP contribution in [0.25, 0.3) is 17.2 Å². The molecule has 144 valence electrons. The summed E-state index contributed by atoms with van der Waals surface area (Å²) in [6.07, 6.45) is 5.20. The van der Waals surface area contributed by atoms with E-state index in [2.05, 4.69) is 50.8 Å². The highest BCUT2D eigenvalue weighted by molar-refractivity contribution is 6.33. The van der Waals surface area contributed by atoms with Gasteiger partial charge < -0.3 is 4.90 Å². The average Bonchev–Trinajstić information content (AvgIpc) is 2.63. The minimum Gasteiger partial charge on any atom is -0.362 e. The number of rotatable bonds is 4. The lowest BCUT2D eigenvalue weighted by atomic mass is 9.87.